The third-order valence-corrected chi connectivity index (χ3v) is 14.2. The molecule has 0 aliphatic heterocycles. The van der Waals surface area contributed by atoms with E-state index in [9.17, 15) is 5.26 Å². The fourth-order valence-electron chi connectivity index (χ4n) is 9.41. The van der Waals surface area contributed by atoms with Gasteiger partial charge in [-0.25, -0.2) is 4.98 Å². The number of nitriles is 1. The summed E-state index contributed by atoms with van der Waals surface area (Å²) in [4.78, 5) is 4.58. The first-order chi connectivity index (χ1) is 37.5. The van der Waals surface area contributed by atoms with E-state index < -0.39 is 15.9 Å². The second kappa shape index (κ2) is 23.1. The van der Waals surface area contributed by atoms with Gasteiger partial charge in [0.25, 0.3) is 0 Å². The fourth-order valence-corrected chi connectivity index (χ4v) is 10.0. The number of hydrogen-bond donors (Lipinski definition) is 0. The Morgan fingerprint density at radius 1 is 0.316 bits per heavy atom. The van der Waals surface area contributed by atoms with Gasteiger partial charge < -0.3 is 7.58 Å². The summed E-state index contributed by atoms with van der Waals surface area (Å²) in [6.07, 6.45) is 0. The number of hydrogen-bond acceptors (Lipinski definition) is 4. The van der Waals surface area contributed by atoms with E-state index in [0.717, 1.165) is 67.0 Å². The van der Waals surface area contributed by atoms with Crippen molar-refractivity contribution in [3.8, 4) is 107 Å². The highest BCUT2D eigenvalue weighted by Gasteiger charge is 2.12. The van der Waals surface area contributed by atoms with Crippen LogP contribution in [-0.2, 0) is 0 Å². The van der Waals surface area contributed by atoms with Gasteiger partial charge in [0.05, 0.1) is 17.4 Å². The molecule has 12 aromatic rings. The molecular formula is C71H50AlN2O2. The number of nitrogens with zero attached hydrogens (tertiary/aromatic N) is 2. The first kappa shape index (κ1) is 48.7. The van der Waals surface area contributed by atoms with Gasteiger partial charge in [-0.05, 0) is 151 Å². The van der Waals surface area contributed by atoms with E-state index in [2.05, 4.69) is 217 Å². The number of para-hydroxylation sites is 1. The molecule has 4 nitrogen and oxygen atoms in total. The predicted molar refractivity (Wildman–Crippen MR) is 315 cm³/mol. The van der Waals surface area contributed by atoms with E-state index in [1.54, 1.807) is 0 Å². The molecule has 359 valence electrons. The van der Waals surface area contributed by atoms with Crippen LogP contribution in [0.5, 0.6) is 11.5 Å². The maximum absolute atomic E-state index is 9.97. The molecule has 11 aromatic carbocycles. The number of pyridine rings is 1. The van der Waals surface area contributed by atoms with Crippen LogP contribution in [-0.4, -0.2) is 20.9 Å². The molecule has 5 heteroatoms. The van der Waals surface area contributed by atoms with Crippen LogP contribution >= 0.6 is 0 Å². The standard InChI is InChI=1S/C49H33N.C12H10O.C10H9NO.Al/c50-34-35-29-48(33-49(30-35)47-16-8-15-46(32-47)41-23-19-39(20-24-41)37-11-5-2-6-12-37)43-27-25-42(26-28-43)45-14-7-13-44(31-45)40-21-17-38(18-22-40)36-9-3-1-4-10-36;13-12-8-6-11(7-9-12)10-4-2-1-3-5-10;1-7-5-6-8-3-2-4-9(12)10(8)11-7;/h1-33H;1-9,13H;2-6,12H,1H3;/q;;;+2/p-2. The Labute approximate surface area is 451 Å². The molecule has 0 fully saturated rings. The Balaban J connectivity index is 0.000000199. The number of benzene rings is 11. The van der Waals surface area contributed by atoms with Crippen LogP contribution in [0.15, 0.2) is 285 Å². The summed E-state index contributed by atoms with van der Waals surface area (Å²) in [7, 11) is 0. The first-order valence-electron chi connectivity index (χ1n) is 25.3. The smallest absolute Gasteiger partial charge is 0.616 e. The van der Waals surface area contributed by atoms with Crippen molar-refractivity contribution in [1.29, 1.82) is 5.26 Å². The third-order valence-electron chi connectivity index (χ3n) is 13.5. The maximum Gasteiger partial charge on any atom is 0.881 e. The van der Waals surface area contributed by atoms with E-state index in [4.69, 9.17) is 7.58 Å². The SMILES string of the molecule is Cc1ccc2cccc([O][Al][O]c3ccc(-c4ccccc4)cc3)c2n1.N#Cc1cc(-c2ccc(-c3cccc(-c4ccc(-c5ccccc5)cc4)c3)cc2)cc(-c2cccc(-c3ccc(-c4ccccc4)cc3)c2)c1. The van der Waals surface area contributed by atoms with E-state index in [0.29, 0.717) is 5.56 Å². The van der Waals surface area contributed by atoms with Crippen molar-refractivity contribution in [2.45, 2.75) is 6.92 Å². The average Bonchev–Trinajstić information content (AvgIpc) is 3.51. The van der Waals surface area contributed by atoms with E-state index in [-0.39, 0.29) is 0 Å². The number of fused-ring (bicyclic) bond motifs is 1. The van der Waals surface area contributed by atoms with Gasteiger partial charge in [-0.1, -0.05) is 231 Å². The van der Waals surface area contributed by atoms with Gasteiger partial charge in [0.2, 0.25) is 0 Å². The van der Waals surface area contributed by atoms with Gasteiger partial charge in [0.1, 0.15) is 11.3 Å². The summed E-state index contributed by atoms with van der Waals surface area (Å²) in [5, 5.41) is 11.0. The van der Waals surface area contributed by atoms with Crippen molar-refractivity contribution in [3.05, 3.63) is 296 Å². The molecule has 0 aliphatic carbocycles. The zero-order valence-electron chi connectivity index (χ0n) is 41.9. The predicted octanol–water partition coefficient (Wildman–Crippen LogP) is 18.4. The lowest BCUT2D eigenvalue weighted by Crippen LogP contribution is -2.11. The van der Waals surface area contributed by atoms with Gasteiger partial charge in [0, 0.05) is 11.1 Å². The van der Waals surface area contributed by atoms with Gasteiger partial charge >= 0.3 is 15.9 Å². The van der Waals surface area contributed by atoms with Crippen LogP contribution in [0.1, 0.15) is 11.3 Å². The molecule has 1 aromatic heterocycles. The summed E-state index contributed by atoms with van der Waals surface area (Å²) in [6, 6.07) is 101. The lowest BCUT2D eigenvalue weighted by molar-refractivity contribution is 0.461. The molecule has 0 amide bonds. The lowest BCUT2D eigenvalue weighted by Gasteiger charge is -2.11. The van der Waals surface area contributed by atoms with Crippen molar-refractivity contribution >= 4 is 26.8 Å². The molecule has 0 unspecified atom stereocenters. The molecule has 0 saturated heterocycles. The average molecular weight is 990 g/mol. The van der Waals surface area contributed by atoms with E-state index in [1.807, 2.05) is 85.8 Å². The van der Waals surface area contributed by atoms with Gasteiger partial charge in [0.15, 0.2) is 0 Å². The highest BCUT2D eigenvalue weighted by atomic mass is 27.2. The van der Waals surface area contributed by atoms with Crippen LogP contribution in [0.3, 0.4) is 0 Å². The highest BCUT2D eigenvalue weighted by Crippen LogP contribution is 2.35. The highest BCUT2D eigenvalue weighted by molar-refractivity contribution is 6.21. The molecule has 0 saturated carbocycles. The molecule has 12 rings (SSSR count). The van der Waals surface area contributed by atoms with Crippen molar-refractivity contribution in [3.63, 3.8) is 0 Å². The molecule has 0 N–H and O–H groups in total. The quantitative estimate of drug-likeness (QED) is 0.114. The first-order valence-corrected chi connectivity index (χ1v) is 26.3. The van der Waals surface area contributed by atoms with Gasteiger partial charge in [-0.2, -0.15) is 5.26 Å². The topological polar surface area (TPSA) is 55.1 Å². The zero-order chi connectivity index (χ0) is 51.5. The third kappa shape index (κ3) is 11.6. The molecule has 76 heavy (non-hydrogen) atoms. The van der Waals surface area contributed by atoms with Crippen LogP contribution in [0.25, 0.3) is 99.9 Å². The van der Waals surface area contributed by atoms with Crippen LogP contribution in [0, 0.1) is 18.3 Å². The van der Waals surface area contributed by atoms with Crippen molar-refractivity contribution in [2.75, 3.05) is 0 Å². The van der Waals surface area contributed by atoms with Crippen molar-refractivity contribution < 1.29 is 7.58 Å². The molecule has 0 bridgehead atoms. The van der Waals surface area contributed by atoms with Crippen molar-refractivity contribution in [2.24, 2.45) is 0 Å². The summed E-state index contributed by atoms with van der Waals surface area (Å²) >= 11 is -0.665. The Bertz CT molecular complexity index is 3930. The second-order valence-electron chi connectivity index (χ2n) is 18.5. The normalized spacial score (nSPS) is 10.7. The minimum Gasteiger partial charge on any atom is -0.616 e. The molecule has 1 radical (unpaired) electrons. The van der Waals surface area contributed by atoms with Gasteiger partial charge in [-0.3, -0.25) is 0 Å². The van der Waals surface area contributed by atoms with Crippen LogP contribution in [0.2, 0.25) is 0 Å². The number of aryl methyl sites for hydroxylation is 1. The number of rotatable bonds is 12. The maximum atomic E-state index is 9.97. The Hall–Kier alpha value is -9.55. The Kier molecular flexibility index (Phi) is 14.8. The van der Waals surface area contributed by atoms with Crippen LogP contribution in [0.4, 0.5) is 0 Å². The monoisotopic (exact) mass is 989 g/mol. The van der Waals surface area contributed by atoms with E-state index in [1.165, 1.54) is 50.1 Å². The minimum absolute atomic E-state index is 0.644. The second-order valence-corrected chi connectivity index (χ2v) is 19.2. The lowest BCUT2D eigenvalue weighted by atomic mass is 9.93. The molecule has 0 atom stereocenters. The summed E-state index contributed by atoms with van der Waals surface area (Å²) in [5.74, 6) is 1.58. The summed E-state index contributed by atoms with van der Waals surface area (Å²) < 4.78 is 11.7. The zero-order valence-corrected chi connectivity index (χ0v) is 43.1. The van der Waals surface area contributed by atoms with Gasteiger partial charge in [-0.15, -0.1) is 0 Å². The van der Waals surface area contributed by atoms with Crippen molar-refractivity contribution in [1.82, 2.24) is 4.98 Å². The summed E-state index contributed by atoms with van der Waals surface area (Å²) in [5.41, 5.74) is 20.9. The number of aromatic nitrogens is 1. The minimum atomic E-state index is -0.665. The van der Waals surface area contributed by atoms with E-state index >= 15 is 0 Å². The molecule has 0 spiro atoms. The molecular weight excluding hydrogens is 940 g/mol. The fraction of sp³-hybridized carbons (Fsp3) is 0.0141. The summed E-state index contributed by atoms with van der Waals surface area (Å²) in [6.45, 7) is 1.98. The van der Waals surface area contributed by atoms with Crippen LogP contribution < -0.4 is 7.58 Å². The molecule has 0 aliphatic rings. The Morgan fingerprint density at radius 2 is 0.658 bits per heavy atom. The molecule has 1 heterocycles. The Morgan fingerprint density at radius 3 is 1.11 bits per heavy atom. The largest absolute Gasteiger partial charge is 0.881 e.